The lowest BCUT2D eigenvalue weighted by atomic mass is 10.2. The van der Waals surface area contributed by atoms with Gasteiger partial charge in [-0.25, -0.2) is 0 Å². The van der Waals surface area contributed by atoms with Crippen molar-refractivity contribution >= 4 is 5.91 Å². The van der Waals surface area contributed by atoms with Gasteiger partial charge in [-0.2, -0.15) is 0 Å². The van der Waals surface area contributed by atoms with Crippen LogP contribution in [0.25, 0.3) is 0 Å². The van der Waals surface area contributed by atoms with Crippen molar-refractivity contribution in [2.45, 2.75) is 20.4 Å². The molecule has 0 radical (unpaired) electrons. The summed E-state index contributed by atoms with van der Waals surface area (Å²) < 4.78 is 0. The summed E-state index contributed by atoms with van der Waals surface area (Å²) in [4.78, 5) is 14.7. The molecule has 1 aromatic heterocycles. The molecule has 4 heteroatoms. The van der Waals surface area contributed by atoms with Gasteiger partial charge in [0.2, 0.25) is 5.91 Å². The summed E-state index contributed by atoms with van der Waals surface area (Å²) in [5.74, 6) is 0.00835. The molecule has 0 atom stereocenters. The molecule has 15 heavy (non-hydrogen) atoms. The van der Waals surface area contributed by atoms with E-state index < -0.39 is 0 Å². The van der Waals surface area contributed by atoms with Crippen LogP contribution in [0.5, 0.6) is 0 Å². The van der Waals surface area contributed by atoms with E-state index in [0.717, 1.165) is 24.2 Å². The molecule has 0 aliphatic carbocycles. The van der Waals surface area contributed by atoms with Gasteiger partial charge in [0.25, 0.3) is 0 Å². The highest BCUT2D eigenvalue weighted by molar-refractivity contribution is 5.72. The van der Waals surface area contributed by atoms with Gasteiger partial charge in [0.1, 0.15) is 0 Å². The first-order valence-corrected chi connectivity index (χ1v) is 5.04. The van der Waals surface area contributed by atoms with Crippen LogP contribution >= 0.6 is 0 Å². The summed E-state index contributed by atoms with van der Waals surface area (Å²) in [5.41, 5.74) is 2.33. The highest BCUT2D eigenvalue weighted by Gasteiger charge is 1.94. The van der Waals surface area contributed by atoms with Crippen LogP contribution < -0.4 is 10.6 Å². The first-order chi connectivity index (χ1) is 7.18. The fraction of sp³-hybridized carbons (Fsp3) is 0.455. The Morgan fingerprint density at radius 2 is 2.20 bits per heavy atom. The van der Waals surface area contributed by atoms with Crippen molar-refractivity contribution in [1.82, 2.24) is 15.6 Å². The summed E-state index contributed by atoms with van der Waals surface area (Å²) in [6.07, 6.45) is 3.68. The minimum atomic E-state index is 0.00835. The lowest BCUT2D eigenvalue weighted by molar-refractivity contribution is -0.118. The highest BCUT2D eigenvalue weighted by Crippen LogP contribution is 1.99. The van der Waals surface area contributed by atoms with Crippen LogP contribution in [0.3, 0.4) is 0 Å². The third kappa shape index (κ3) is 5.12. The molecule has 0 fully saturated rings. The number of carbonyl (C=O) groups is 1. The SMILES string of the molecule is CC(=O)NCCNCc1cncc(C)c1. The smallest absolute Gasteiger partial charge is 0.216 e. The van der Waals surface area contributed by atoms with Crippen molar-refractivity contribution in [1.29, 1.82) is 0 Å². The minimum absolute atomic E-state index is 0.00835. The Kier molecular flexibility index (Phi) is 4.77. The van der Waals surface area contributed by atoms with Crippen LogP contribution in [0.15, 0.2) is 18.5 Å². The van der Waals surface area contributed by atoms with Gasteiger partial charge in [-0.1, -0.05) is 6.07 Å². The van der Waals surface area contributed by atoms with Crippen molar-refractivity contribution in [3.05, 3.63) is 29.6 Å². The molecule has 0 saturated heterocycles. The number of rotatable bonds is 5. The van der Waals surface area contributed by atoms with Crippen LogP contribution in [-0.4, -0.2) is 24.0 Å². The molecule has 0 saturated carbocycles. The quantitative estimate of drug-likeness (QED) is 0.696. The Morgan fingerprint density at radius 3 is 2.87 bits per heavy atom. The first-order valence-electron chi connectivity index (χ1n) is 5.04. The summed E-state index contributed by atoms with van der Waals surface area (Å²) in [7, 11) is 0. The molecule has 1 amide bonds. The van der Waals surface area contributed by atoms with E-state index in [1.165, 1.54) is 6.92 Å². The Balaban J connectivity index is 2.17. The molecule has 1 rings (SSSR count). The molecule has 0 unspecified atom stereocenters. The van der Waals surface area contributed by atoms with E-state index in [2.05, 4.69) is 21.7 Å². The van der Waals surface area contributed by atoms with Crippen LogP contribution in [0.4, 0.5) is 0 Å². The lowest BCUT2D eigenvalue weighted by Crippen LogP contribution is -2.29. The van der Waals surface area contributed by atoms with E-state index in [-0.39, 0.29) is 5.91 Å². The number of carbonyl (C=O) groups excluding carboxylic acids is 1. The molecular weight excluding hydrogens is 190 g/mol. The topological polar surface area (TPSA) is 54.0 Å². The van der Waals surface area contributed by atoms with Gasteiger partial charge < -0.3 is 10.6 Å². The molecule has 2 N–H and O–H groups in total. The molecule has 4 nitrogen and oxygen atoms in total. The maximum Gasteiger partial charge on any atom is 0.216 e. The predicted octanol–water partition coefficient (Wildman–Crippen LogP) is 0.616. The van der Waals surface area contributed by atoms with Crippen molar-refractivity contribution in [3.8, 4) is 0 Å². The zero-order valence-electron chi connectivity index (χ0n) is 9.21. The predicted molar refractivity (Wildman–Crippen MR) is 59.4 cm³/mol. The van der Waals surface area contributed by atoms with Gasteiger partial charge in [0.15, 0.2) is 0 Å². The maximum absolute atomic E-state index is 10.6. The number of aryl methyl sites for hydroxylation is 1. The summed E-state index contributed by atoms with van der Waals surface area (Å²) in [6, 6.07) is 2.10. The second-order valence-electron chi connectivity index (χ2n) is 3.53. The van der Waals surface area contributed by atoms with Crippen LogP contribution in [0, 0.1) is 6.92 Å². The zero-order valence-corrected chi connectivity index (χ0v) is 9.21. The molecule has 0 spiro atoms. The third-order valence-corrected chi connectivity index (χ3v) is 1.94. The molecule has 0 aliphatic heterocycles. The van der Waals surface area contributed by atoms with Crippen molar-refractivity contribution in [2.24, 2.45) is 0 Å². The molecule has 0 aromatic carbocycles. The average Bonchev–Trinajstić information content (AvgIpc) is 2.17. The minimum Gasteiger partial charge on any atom is -0.355 e. The fourth-order valence-electron chi connectivity index (χ4n) is 1.27. The summed E-state index contributed by atoms with van der Waals surface area (Å²) >= 11 is 0. The Labute approximate surface area is 90.1 Å². The lowest BCUT2D eigenvalue weighted by Gasteiger charge is -2.05. The second-order valence-corrected chi connectivity index (χ2v) is 3.53. The summed E-state index contributed by atoms with van der Waals surface area (Å²) in [5, 5.41) is 5.96. The van der Waals surface area contributed by atoms with E-state index in [4.69, 9.17) is 0 Å². The standard InChI is InChI=1S/C11H17N3O/c1-9-5-11(8-13-6-9)7-12-3-4-14-10(2)15/h5-6,8,12H,3-4,7H2,1-2H3,(H,14,15). The normalized spacial score (nSPS) is 10.0. The number of aromatic nitrogens is 1. The third-order valence-electron chi connectivity index (χ3n) is 1.94. The fourth-order valence-corrected chi connectivity index (χ4v) is 1.27. The number of nitrogens with one attached hydrogen (secondary N) is 2. The van der Waals surface area contributed by atoms with Gasteiger partial charge in [0, 0.05) is 39.0 Å². The van der Waals surface area contributed by atoms with E-state index >= 15 is 0 Å². The largest absolute Gasteiger partial charge is 0.355 e. The van der Waals surface area contributed by atoms with Crippen molar-refractivity contribution in [3.63, 3.8) is 0 Å². The number of amides is 1. The Morgan fingerprint density at radius 1 is 1.40 bits per heavy atom. The number of hydrogen-bond donors (Lipinski definition) is 2. The van der Waals surface area contributed by atoms with E-state index in [9.17, 15) is 4.79 Å². The monoisotopic (exact) mass is 207 g/mol. The molecule has 82 valence electrons. The molecular formula is C11H17N3O. The molecule has 0 bridgehead atoms. The number of nitrogens with zero attached hydrogens (tertiary/aromatic N) is 1. The van der Waals surface area contributed by atoms with Crippen molar-refractivity contribution in [2.75, 3.05) is 13.1 Å². The van der Waals surface area contributed by atoms with Crippen LogP contribution in [0.2, 0.25) is 0 Å². The highest BCUT2D eigenvalue weighted by atomic mass is 16.1. The van der Waals surface area contributed by atoms with Gasteiger partial charge in [-0.3, -0.25) is 9.78 Å². The van der Waals surface area contributed by atoms with Crippen LogP contribution in [-0.2, 0) is 11.3 Å². The van der Waals surface area contributed by atoms with Gasteiger partial charge in [-0.15, -0.1) is 0 Å². The number of pyridine rings is 1. The van der Waals surface area contributed by atoms with Gasteiger partial charge in [0.05, 0.1) is 0 Å². The Hall–Kier alpha value is -1.42. The maximum atomic E-state index is 10.6. The van der Waals surface area contributed by atoms with Gasteiger partial charge >= 0.3 is 0 Å². The molecule has 1 aromatic rings. The summed E-state index contributed by atoms with van der Waals surface area (Å²) in [6.45, 7) is 5.76. The average molecular weight is 207 g/mol. The van der Waals surface area contributed by atoms with Crippen molar-refractivity contribution < 1.29 is 4.79 Å². The zero-order chi connectivity index (χ0) is 11.1. The van der Waals surface area contributed by atoms with E-state index in [0.29, 0.717) is 6.54 Å². The van der Waals surface area contributed by atoms with Crippen LogP contribution in [0.1, 0.15) is 18.1 Å². The van der Waals surface area contributed by atoms with Gasteiger partial charge in [-0.05, 0) is 18.1 Å². The first kappa shape index (κ1) is 11.7. The second kappa shape index (κ2) is 6.14. The number of hydrogen-bond acceptors (Lipinski definition) is 3. The van der Waals surface area contributed by atoms with E-state index in [1.54, 1.807) is 0 Å². The van der Waals surface area contributed by atoms with E-state index in [1.807, 2.05) is 19.3 Å². The Bertz CT molecular complexity index is 325. The molecule has 1 heterocycles. The molecule has 0 aliphatic rings.